The minimum Gasteiger partial charge on any atom is -0.258 e. The van der Waals surface area contributed by atoms with E-state index in [4.69, 9.17) is 0 Å². The van der Waals surface area contributed by atoms with Crippen LogP contribution < -0.4 is 0 Å². The van der Waals surface area contributed by atoms with E-state index in [2.05, 4.69) is 0 Å². The molecule has 2 aromatic rings. The van der Waals surface area contributed by atoms with Gasteiger partial charge in [-0.2, -0.15) is 0 Å². The molecule has 0 saturated carbocycles. The van der Waals surface area contributed by atoms with Gasteiger partial charge in [0.15, 0.2) is 0 Å². The zero-order valence-electron chi connectivity index (χ0n) is 10.5. The van der Waals surface area contributed by atoms with Gasteiger partial charge in [0.05, 0.1) is 0 Å². The number of nitrogens with zero attached hydrogens (tertiary/aromatic N) is 2. The van der Waals surface area contributed by atoms with Crippen LogP contribution in [0.1, 0.15) is 22.9 Å². The van der Waals surface area contributed by atoms with Crippen molar-refractivity contribution in [3.05, 3.63) is 91.5 Å². The van der Waals surface area contributed by atoms with Gasteiger partial charge in [-0.3, -0.25) is 20.2 Å². The van der Waals surface area contributed by atoms with Crippen LogP contribution in [0, 0.1) is 20.2 Å². The maximum Gasteiger partial charge on any atom is 0.476 e. The van der Waals surface area contributed by atoms with Crippen LogP contribution in [0.2, 0.25) is 0 Å². The van der Waals surface area contributed by atoms with Crippen LogP contribution in [0.25, 0.3) is 0 Å². The summed E-state index contributed by atoms with van der Waals surface area (Å²) in [6.45, 7) is 0. The van der Waals surface area contributed by atoms with E-state index in [9.17, 15) is 20.2 Å². The fourth-order valence-electron chi connectivity index (χ4n) is 1.96. The molecule has 0 aliphatic rings. The van der Waals surface area contributed by atoms with Crippen molar-refractivity contribution in [2.75, 3.05) is 0 Å². The van der Waals surface area contributed by atoms with Crippen molar-refractivity contribution in [2.45, 2.75) is 12.6 Å². The summed E-state index contributed by atoms with van der Waals surface area (Å²) in [5, 5.41) is 21.4. The smallest absolute Gasteiger partial charge is 0.258 e. The molecular weight excluding hydrogens is 260 g/mol. The van der Waals surface area contributed by atoms with E-state index < -0.39 is 16.0 Å². The summed E-state index contributed by atoms with van der Waals surface area (Å²) in [6.07, 6.45) is -1.22. The van der Waals surface area contributed by atoms with E-state index in [1.54, 1.807) is 12.1 Å². The Bertz CT molecular complexity index is 597. The average molecular weight is 272 g/mol. The quantitative estimate of drug-likeness (QED) is 0.475. The van der Waals surface area contributed by atoms with Crippen LogP contribution in [0.15, 0.2) is 54.6 Å². The van der Waals surface area contributed by atoms with Gasteiger partial charge in [0.1, 0.15) is 15.4 Å². The predicted octanol–water partition coefficient (Wildman–Crippen LogP) is 2.83. The fraction of sp³-hybridized carbons (Fsp3) is 0.143. The van der Waals surface area contributed by atoms with E-state index in [0.717, 1.165) is 11.1 Å². The molecule has 102 valence electrons. The monoisotopic (exact) mass is 272 g/mol. The van der Waals surface area contributed by atoms with Gasteiger partial charge in [-0.15, -0.1) is 0 Å². The molecule has 0 aliphatic heterocycles. The highest BCUT2D eigenvalue weighted by Crippen LogP contribution is 2.19. The lowest BCUT2D eigenvalue weighted by molar-refractivity contribution is -0.752. The molecule has 0 fully saturated rings. The van der Waals surface area contributed by atoms with Crippen molar-refractivity contribution >= 4 is 0 Å². The van der Waals surface area contributed by atoms with Gasteiger partial charge in [-0.1, -0.05) is 42.5 Å². The van der Waals surface area contributed by atoms with Gasteiger partial charge in [0.25, 0.3) is 0 Å². The third-order valence-corrected chi connectivity index (χ3v) is 2.93. The maximum atomic E-state index is 10.7. The molecule has 0 saturated heterocycles. The second kappa shape index (κ2) is 5.92. The molecule has 2 rings (SSSR count). The maximum absolute atomic E-state index is 10.7. The van der Waals surface area contributed by atoms with Gasteiger partial charge in [0, 0.05) is 0 Å². The summed E-state index contributed by atoms with van der Waals surface area (Å²) >= 11 is 0. The van der Waals surface area contributed by atoms with E-state index in [1.807, 2.05) is 30.3 Å². The third kappa shape index (κ3) is 3.17. The molecule has 0 aliphatic carbocycles. The number of benzene rings is 2. The van der Waals surface area contributed by atoms with Gasteiger partial charge in [0.2, 0.25) is 0 Å². The largest absolute Gasteiger partial charge is 0.476 e. The average Bonchev–Trinajstić information content (AvgIpc) is 2.41. The first-order valence-electron chi connectivity index (χ1n) is 5.97. The fourth-order valence-corrected chi connectivity index (χ4v) is 1.96. The first-order chi connectivity index (χ1) is 9.58. The Morgan fingerprint density at radius 1 is 0.800 bits per heavy atom. The van der Waals surface area contributed by atoms with Crippen LogP contribution >= 0.6 is 0 Å². The number of hydrogen-bond donors (Lipinski definition) is 0. The summed E-state index contributed by atoms with van der Waals surface area (Å²) in [5.41, 5.74) is 2.14. The van der Waals surface area contributed by atoms with Crippen molar-refractivity contribution in [1.82, 2.24) is 0 Å². The SMILES string of the molecule is O=[N+]([O-])C(c1ccc(Cc2ccccc2)cc1)[N+](=O)[O-]. The minimum absolute atomic E-state index is 0.0804. The predicted molar refractivity (Wildman–Crippen MR) is 72.4 cm³/mol. The second-order valence-corrected chi connectivity index (χ2v) is 4.35. The molecule has 6 heteroatoms. The summed E-state index contributed by atoms with van der Waals surface area (Å²) < 4.78 is 0. The van der Waals surface area contributed by atoms with Crippen molar-refractivity contribution in [3.8, 4) is 0 Å². The van der Waals surface area contributed by atoms with Crippen LogP contribution in [-0.2, 0) is 6.42 Å². The molecule has 0 amide bonds. The highest BCUT2D eigenvalue weighted by molar-refractivity contribution is 5.29. The lowest BCUT2D eigenvalue weighted by Gasteiger charge is -2.04. The number of hydrogen-bond acceptors (Lipinski definition) is 4. The molecule has 0 bridgehead atoms. The van der Waals surface area contributed by atoms with Gasteiger partial charge >= 0.3 is 6.17 Å². The Labute approximate surface area is 115 Å². The highest BCUT2D eigenvalue weighted by atomic mass is 16.7. The molecule has 6 nitrogen and oxygen atoms in total. The van der Waals surface area contributed by atoms with Gasteiger partial charge in [-0.25, -0.2) is 0 Å². The molecule has 0 heterocycles. The molecule has 0 radical (unpaired) electrons. The highest BCUT2D eigenvalue weighted by Gasteiger charge is 2.34. The Morgan fingerprint density at radius 3 is 1.80 bits per heavy atom. The first-order valence-corrected chi connectivity index (χ1v) is 5.97. The van der Waals surface area contributed by atoms with Crippen molar-refractivity contribution in [1.29, 1.82) is 0 Å². The van der Waals surface area contributed by atoms with Gasteiger partial charge < -0.3 is 0 Å². The molecular formula is C14H12N2O4. The Hall–Kier alpha value is -2.76. The Morgan fingerprint density at radius 2 is 1.30 bits per heavy atom. The lowest BCUT2D eigenvalue weighted by Crippen LogP contribution is -2.19. The molecule has 0 spiro atoms. The van der Waals surface area contributed by atoms with Crippen molar-refractivity contribution in [2.24, 2.45) is 0 Å². The van der Waals surface area contributed by atoms with Crippen molar-refractivity contribution < 1.29 is 9.85 Å². The minimum atomic E-state index is -1.90. The summed E-state index contributed by atoms with van der Waals surface area (Å²) in [7, 11) is 0. The van der Waals surface area contributed by atoms with Gasteiger partial charge in [-0.05, 0) is 29.7 Å². The zero-order chi connectivity index (χ0) is 14.5. The van der Waals surface area contributed by atoms with E-state index in [-0.39, 0.29) is 5.56 Å². The molecule has 0 N–H and O–H groups in total. The summed E-state index contributed by atoms with van der Waals surface area (Å²) in [4.78, 5) is 19.6. The van der Waals surface area contributed by atoms with Crippen LogP contribution in [0.5, 0.6) is 0 Å². The van der Waals surface area contributed by atoms with Crippen molar-refractivity contribution in [3.63, 3.8) is 0 Å². The van der Waals surface area contributed by atoms with Crippen LogP contribution in [-0.4, -0.2) is 9.85 Å². The second-order valence-electron chi connectivity index (χ2n) is 4.35. The summed E-state index contributed by atoms with van der Waals surface area (Å²) in [5.74, 6) is 0. The third-order valence-electron chi connectivity index (χ3n) is 2.93. The van der Waals surface area contributed by atoms with Crippen LogP contribution in [0.4, 0.5) is 0 Å². The molecule has 0 atom stereocenters. The molecule has 0 aromatic heterocycles. The standard InChI is InChI=1S/C14H12N2O4/c17-15(18)14(16(19)20)13-8-6-12(7-9-13)10-11-4-2-1-3-5-11/h1-9,14H,10H2. The Kier molecular flexibility index (Phi) is 4.05. The topological polar surface area (TPSA) is 86.3 Å². The zero-order valence-corrected chi connectivity index (χ0v) is 10.5. The Balaban J connectivity index is 2.18. The molecule has 0 unspecified atom stereocenters. The first kappa shape index (κ1) is 13.7. The normalized spacial score (nSPS) is 10.4. The van der Waals surface area contributed by atoms with Crippen LogP contribution in [0.3, 0.4) is 0 Å². The lowest BCUT2D eigenvalue weighted by atomic mass is 10.0. The summed E-state index contributed by atoms with van der Waals surface area (Å²) in [6, 6.07) is 16.0. The van der Waals surface area contributed by atoms with E-state index in [1.165, 1.54) is 12.1 Å². The number of nitro groups is 2. The molecule has 2 aromatic carbocycles. The van der Waals surface area contributed by atoms with E-state index >= 15 is 0 Å². The molecule has 20 heavy (non-hydrogen) atoms. The number of rotatable bonds is 5. The van der Waals surface area contributed by atoms with E-state index in [0.29, 0.717) is 6.42 Å².